The van der Waals surface area contributed by atoms with Gasteiger partial charge in [0.1, 0.15) is 0 Å². The Morgan fingerprint density at radius 2 is 1.15 bits per heavy atom. The van der Waals surface area contributed by atoms with Gasteiger partial charge in [-0.2, -0.15) is 0 Å². The van der Waals surface area contributed by atoms with Gasteiger partial charge in [0.25, 0.3) is 0 Å². The van der Waals surface area contributed by atoms with Gasteiger partial charge in [0, 0.05) is 18.4 Å². The van der Waals surface area contributed by atoms with Crippen LogP contribution < -0.4 is 0 Å². The molecule has 0 aromatic heterocycles. The van der Waals surface area contributed by atoms with Crippen molar-refractivity contribution in [1.29, 1.82) is 0 Å². The number of carbonyl (C=O) groups is 2. The summed E-state index contributed by atoms with van der Waals surface area (Å²) in [5, 5.41) is 0. The monoisotopic (exact) mass is 345 g/mol. The van der Waals surface area contributed by atoms with E-state index in [1.54, 1.807) is 4.90 Å². The standard InChI is InChI=1S/C23H23NO2/c1-2-3-8-13-24-22(25)20-18-14-9-4-5-10-15(14)19(21(20)23(24)26)17-12-7-6-11-16(17)18/h4-7,9-12,18-21H,2-3,8,13H2,1H3. The molecule has 3 nitrogen and oxygen atoms in total. The molecule has 2 bridgehead atoms. The number of carbonyl (C=O) groups excluding carboxylic acids is 2. The van der Waals surface area contributed by atoms with E-state index in [9.17, 15) is 9.59 Å². The van der Waals surface area contributed by atoms with Crippen molar-refractivity contribution in [1.82, 2.24) is 4.90 Å². The fourth-order valence-corrected chi connectivity index (χ4v) is 5.48. The van der Waals surface area contributed by atoms with E-state index in [4.69, 9.17) is 0 Å². The van der Waals surface area contributed by atoms with Crippen molar-refractivity contribution in [3.63, 3.8) is 0 Å². The second-order valence-corrected chi connectivity index (χ2v) is 7.80. The zero-order valence-electron chi connectivity index (χ0n) is 15.0. The first-order valence-electron chi connectivity index (χ1n) is 9.77. The molecular weight excluding hydrogens is 322 g/mol. The second kappa shape index (κ2) is 5.80. The van der Waals surface area contributed by atoms with E-state index in [2.05, 4.69) is 55.5 Å². The molecule has 2 atom stereocenters. The first-order valence-corrected chi connectivity index (χ1v) is 9.77. The maximum absolute atomic E-state index is 13.3. The van der Waals surface area contributed by atoms with Crippen LogP contribution in [0.3, 0.4) is 0 Å². The summed E-state index contributed by atoms with van der Waals surface area (Å²) in [6, 6.07) is 16.8. The van der Waals surface area contributed by atoms with E-state index >= 15 is 0 Å². The van der Waals surface area contributed by atoms with Crippen molar-refractivity contribution in [3.8, 4) is 0 Å². The molecular formula is C23H23NO2. The molecule has 3 heteroatoms. The van der Waals surface area contributed by atoms with Crippen molar-refractivity contribution < 1.29 is 9.59 Å². The summed E-state index contributed by atoms with van der Waals surface area (Å²) < 4.78 is 0. The molecule has 2 unspecified atom stereocenters. The molecule has 0 radical (unpaired) electrons. The van der Waals surface area contributed by atoms with Crippen molar-refractivity contribution in [2.24, 2.45) is 11.8 Å². The summed E-state index contributed by atoms with van der Waals surface area (Å²) in [6.45, 7) is 2.71. The van der Waals surface area contributed by atoms with Crippen LogP contribution in [0.1, 0.15) is 60.3 Å². The highest BCUT2D eigenvalue weighted by molar-refractivity contribution is 6.07. The van der Waals surface area contributed by atoms with Gasteiger partial charge in [-0.3, -0.25) is 14.5 Å². The van der Waals surface area contributed by atoms with Gasteiger partial charge in [-0.15, -0.1) is 0 Å². The largest absolute Gasteiger partial charge is 0.282 e. The van der Waals surface area contributed by atoms with Crippen molar-refractivity contribution in [2.45, 2.75) is 38.0 Å². The van der Waals surface area contributed by atoms with Gasteiger partial charge in [0.2, 0.25) is 11.8 Å². The summed E-state index contributed by atoms with van der Waals surface area (Å²) in [4.78, 5) is 28.1. The lowest BCUT2D eigenvalue weighted by Gasteiger charge is -2.45. The Labute approximate surface area is 154 Å². The highest BCUT2D eigenvalue weighted by Crippen LogP contribution is 2.60. The molecule has 1 fully saturated rings. The van der Waals surface area contributed by atoms with Crippen LogP contribution in [0.2, 0.25) is 0 Å². The van der Waals surface area contributed by atoms with E-state index in [-0.39, 0.29) is 35.5 Å². The quantitative estimate of drug-likeness (QED) is 0.619. The second-order valence-electron chi connectivity index (χ2n) is 7.80. The third-order valence-electron chi connectivity index (χ3n) is 6.53. The Balaban J connectivity index is 1.64. The summed E-state index contributed by atoms with van der Waals surface area (Å²) in [6.07, 6.45) is 3.05. The highest BCUT2D eigenvalue weighted by Gasteiger charge is 2.61. The minimum Gasteiger partial charge on any atom is -0.282 e. The molecule has 132 valence electrons. The van der Waals surface area contributed by atoms with Gasteiger partial charge >= 0.3 is 0 Å². The first kappa shape index (κ1) is 15.8. The summed E-state index contributed by atoms with van der Waals surface area (Å²) in [7, 11) is 0. The smallest absolute Gasteiger partial charge is 0.234 e. The van der Waals surface area contributed by atoms with E-state index in [1.165, 1.54) is 22.3 Å². The Morgan fingerprint density at radius 3 is 1.54 bits per heavy atom. The number of nitrogens with zero attached hydrogens (tertiary/aromatic N) is 1. The molecule has 1 saturated heterocycles. The van der Waals surface area contributed by atoms with E-state index in [1.807, 2.05) is 0 Å². The lowest BCUT2D eigenvalue weighted by Crippen LogP contribution is -2.41. The van der Waals surface area contributed by atoms with Gasteiger partial charge in [-0.25, -0.2) is 0 Å². The van der Waals surface area contributed by atoms with E-state index in [0.717, 1.165) is 19.3 Å². The Kier molecular flexibility index (Phi) is 3.53. The zero-order chi connectivity index (χ0) is 17.8. The lowest BCUT2D eigenvalue weighted by molar-refractivity contribution is -0.140. The molecule has 2 aromatic rings. The van der Waals surface area contributed by atoms with Crippen LogP contribution in [0.5, 0.6) is 0 Å². The van der Waals surface area contributed by atoms with Crippen LogP contribution in [0.4, 0.5) is 0 Å². The molecule has 1 aliphatic heterocycles. The maximum atomic E-state index is 13.3. The first-order chi connectivity index (χ1) is 12.7. The molecule has 26 heavy (non-hydrogen) atoms. The van der Waals surface area contributed by atoms with E-state index < -0.39 is 0 Å². The minimum atomic E-state index is -0.223. The molecule has 0 N–H and O–H groups in total. The maximum Gasteiger partial charge on any atom is 0.234 e. The van der Waals surface area contributed by atoms with Gasteiger partial charge < -0.3 is 0 Å². The summed E-state index contributed by atoms with van der Waals surface area (Å²) in [5.41, 5.74) is 4.98. The number of imide groups is 1. The molecule has 3 aliphatic carbocycles. The lowest BCUT2D eigenvalue weighted by atomic mass is 9.55. The van der Waals surface area contributed by atoms with Gasteiger partial charge in [-0.1, -0.05) is 68.3 Å². The van der Waals surface area contributed by atoms with Crippen LogP contribution in [0.25, 0.3) is 0 Å². The van der Waals surface area contributed by atoms with Gasteiger partial charge in [0.15, 0.2) is 0 Å². The van der Waals surface area contributed by atoms with Crippen molar-refractivity contribution >= 4 is 11.8 Å². The highest BCUT2D eigenvalue weighted by atomic mass is 16.2. The Morgan fingerprint density at radius 1 is 0.731 bits per heavy atom. The fraction of sp³-hybridized carbons (Fsp3) is 0.391. The number of rotatable bonds is 4. The summed E-state index contributed by atoms with van der Waals surface area (Å²) >= 11 is 0. The zero-order valence-corrected chi connectivity index (χ0v) is 15.0. The third-order valence-corrected chi connectivity index (χ3v) is 6.53. The van der Waals surface area contributed by atoms with Crippen molar-refractivity contribution in [2.75, 3.05) is 6.54 Å². The minimum absolute atomic E-state index is 0.0185. The van der Waals surface area contributed by atoms with Crippen LogP contribution in [0.15, 0.2) is 48.5 Å². The SMILES string of the molecule is CCCCCN1C(=O)C2C3c4ccccc4C(c4ccccc43)C2C1=O. The predicted octanol–water partition coefficient (Wildman–Crippen LogP) is 4.07. The molecule has 0 spiro atoms. The third kappa shape index (κ3) is 1.94. The molecule has 0 saturated carbocycles. The number of hydrogen-bond donors (Lipinski definition) is 0. The average Bonchev–Trinajstić information content (AvgIpc) is 2.93. The Hall–Kier alpha value is -2.42. The molecule has 4 aliphatic rings. The van der Waals surface area contributed by atoms with Gasteiger partial charge in [0.05, 0.1) is 11.8 Å². The average molecular weight is 345 g/mol. The van der Waals surface area contributed by atoms with Crippen LogP contribution in [-0.4, -0.2) is 23.3 Å². The predicted molar refractivity (Wildman–Crippen MR) is 99.8 cm³/mol. The number of benzene rings is 2. The van der Waals surface area contributed by atoms with E-state index in [0.29, 0.717) is 6.54 Å². The normalized spacial score (nSPS) is 28.1. The Bertz CT molecular complexity index is 787. The topological polar surface area (TPSA) is 37.4 Å². The summed E-state index contributed by atoms with van der Waals surface area (Å²) in [5.74, 6) is -0.307. The number of amides is 2. The van der Waals surface area contributed by atoms with Crippen LogP contribution in [-0.2, 0) is 9.59 Å². The molecule has 2 aromatic carbocycles. The number of likely N-dealkylation sites (tertiary alicyclic amines) is 1. The van der Waals surface area contributed by atoms with Crippen molar-refractivity contribution in [3.05, 3.63) is 70.8 Å². The van der Waals surface area contributed by atoms with Gasteiger partial charge in [-0.05, 0) is 28.7 Å². The molecule has 1 heterocycles. The number of unbranched alkanes of at least 4 members (excludes halogenated alkanes) is 2. The van der Waals surface area contributed by atoms with Crippen LogP contribution >= 0.6 is 0 Å². The fourth-order valence-electron chi connectivity index (χ4n) is 5.48. The number of hydrogen-bond acceptors (Lipinski definition) is 2. The van der Waals surface area contributed by atoms with Crippen LogP contribution in [0, 0.1) is 11.8 Å². The molecule has 2 amide bonds. The molecule has 6 rings (SSSR count).